The van der Waals surface area contributed by atoms with Crippen molar-refractivity contribution in [2.45, 2.75) is 0 Å². The van der Waals surface area contributed by atoms with Crippen LogP contribution in [0, 0.1) is 0 Å². The van der Waals surface area contributed by atoms with Crippen molar-refractivity contribution < 1.29 is 4.55 Å². The van der Waals surface area contributed by atoms with Gasteiger partial charge in [0.05, 0.1) is 0 Å². The molecule has 1 aliphatic heterocycles. The molecule has 0 aromatic rings. The third-order valence-electron chi connectivity index (χ3n) is 0.670. The van der Waals surface area contributed by atoms with Gasteiger partial charge in [0.1, 0.15) is 5.75 Å². The fourth-order valence-electron chi connectivity index (χ4n) is 0.363. The van der Waals surface area contributed by atoms with Gasteiger partial charge in [0.15, 0.2) is 5.08 Å². The minimum atomic E-state index is -0.460. The van der Waals surface area contributed by atoms with Crippen LogP contribution in [0.3, 0.4) is 0 Å². The fraction of sp³-hybridized carbons (Fsp3) is 1.00. The van der Waals surface area contributed by atoms with Gasteiger partial charge >= 0.3 is 0 Å². The van der Waals surface area contributed by atoms with E-state index in [2.05, 4.69) is 0 Å². The molecule has 36 valence electrons. The maximum absolute atomic E-state index is 10.3. The van der Waals surface area contributed by atoms with Crippen LogP contribution in [0.4, 0.5) is 0 Å². The maximum Gasteiger partial charge on any atom is 0.151 e. The van der Waals surface area contributed by atoms with E-state index < -0.39 is 11.2 Å². The van der Waals surface area contributed by atoms with Crippen LogP contribution >= 0.6 is 11.8 Å². The molecular weight excluding hydrogens is 116 g/mol. The first-order valence-electron chi connectivity index (χ1n) is 1.82. The summed E-state index contributed by atoms with van der Waals surface area (Å²) in [4.78, 5) is 0. The zero-order valence-corrected chi connectivity index (χ0v) is 4.98. The summed E-state index contributed by atoms with van der Waals surface area (Å²) in [6.07, 6.45) is 0. The maximum atomic E-state index is 10.3. The molecule has 0 amide bonds. The van der Waals surface area contributed by atoms with Crippen molar-refractivity contribution in [1.82, 2.24) is 0 Å². The van der Waals surface area contributed by atoms with Crippen molar-refractivity contribution in [1.29, 1.82) is 0 Å². The summed E-state index contributed by atoms with van der Waals surface area (Å²) in [6, 6.07) is 0. The second-order valence-corrected chi connectivity index (χ2v) is 4.22. The summed E-state index contributed by atoms with van der Waals surface area (Å²) < 4.78 is 10.3. The minimum absolute atomic E-state index is 0.460. The highest BCUT2D eigenvalue weighted by molar-refractivity contribution is 8.15. The Morgan fingerprint density at radius 2 is 2.50 bits per heavy atom. The smallest absolute Gasteiger partial charge is 0.151 e. The molecule has 1 unspecified atom stereocenters. The predicted molar refractivity (Wildman–Crippen MR) is 30.3 cm³/mol. The molecule has 1 rings (SSSR count). The highest BCUT2D eigenvalue weighted by Gasteiger charge is 2.12. The van der Waals surface area contributed by atoms with Crippen LogP contribution in [0.15, 0.2) is 0 Å². The Bertz CT molecular complexity index is 42.1. The standard InChI is InChI=1S/C3H6OS2/c4-6-2-1-5-3-6/h1-3H2. The van der Waals surface area contributed by atoms with Crippen LogP contribution in [0.2, 0.25) is 0 Å². The van der Waals surface area contributed by atoms with E-state index in [0.29, 0.717) is 0 Å². The summed E-state index contributed by atoms with van der Waals surface area (Å²) >= 11 is 1.32. The van der Waals surface area contributed by atoms with E-state index in [1.807, 2.05) is 0 Å². The van der Waals surface area contributed by atoms with Crippen molar-refractivity contribution in [3.8, 4) is 0 Å². The summed E-state index contributed by atoms with van der Waals surface area (Å²) in [5, 5.41) is 0.875. The average molecular weight is 122 g/mol. The molecule has 0 aliphatic carbocycles. The van der Waals surface area contributed by atoms with E-state index >= 15 is 0 Å². The quantitative estimate of drug-likeness (QED) is 0.435. The van der Waals surface area contributed by atoms with E-state index in [-0.39, 0.29) is 0 Å². The summed E-state index contributed by atoms with van der Waals surface area (Å²) in [5.41, 5.74) is 0. The van der Waals surface area contributed by atoms with Crippen LogP contribution in [0.1, 0.15) is 0 Å². The monoisotopic (exact) mass is 122 g/mol. The second kappa shape index (κ2) is 2.09. The van der Waals surface area contributed by atoms with Crippen LogP contribution in [-0.2, 0) is 11.2 Å². The SMILES string of the molecule is [O-][S+]1CCSC1. The van der Waals surface area contributed by atoms with E-state index in [9.17, 15) is 4.55 Å². The molecule has 1 saturated heterocycles. The Balaban J connectivity index is 2.18. The number of rotatable bonds is 0. The predicted octanol–water partition coefficient (Wildman–Crippen LogP) is 0.439. The molecule has 0 saturated carbocycles. The first kappa shape index (κ1) is 4.81. The molecule has 3 heteroatoms. The van der Waals surface area contributed by atoms with E-state index in [4.69, 9.17) is 0 Å². The number of hydrogen-bond donors (Lipinski definition) is 0. The van der Waals surface area contributed by atoms with Gasteiger partial charge in [0.25, 0.3) is 0 Å². The molecule has 1 nitrogen and oxygen atoms in total. The van der Waals surface area contributed by atoms with Crippen molar-refractivity contribution >= 4 is 22.9 Å². The van der Waals surface area contributed by atoms with Crippen molar-refractivity contribution in [2.24, 2.45) is 0 Å². The third-order valence-corrected chi connectivity index (χ3v) is 3.80. The summed E-state index contributed by atoms with van der Waals surface area (Å²) in [7, 11) is 0. The molecule has 0 aromatic heterocycles. The van der Waals surface area contributed by atoms with Crippen LogP contribution in [0.5, 0.6) is 0 Å². The topological polar surface area (TPSA) is 23.1 Å². The molecule has 0 radical (unpaired) electrons. The van der Waals surface area contributed by atoms with Gasteiger partial charge < -0.3 is 4.55 Å². The van der Waals surface area contributed by atoms with Crippen LogP contribution < -0.4 is 0 Å². The van der Waals surface area contributed by atoms with E-state index in [1.165, 1.54) is 0 Å². The molecule has 1 fully saturated rings. The Morgan fingerprint density at radius 3 is 2.67 bits per heavy atom. The molecule has 1 atom stereocenters. The molecule has 1 heterocycles. The van der Waals surface area contributed by atoms with E-state index in [1.54, 1.807) is 11.8 Å². The van der Waals surface area contributed by atoms with Gasteiger partial charge in [-0.2, -0.15) is 0 Å². The summed E-state index contributed by atoms with van der Waals surface area (Å²) in [6.45, 7) is 0. The molecule has 0 aromatic carbocycles. The lowest BCUT2D eigenvalue weighted by atomic mass is 11.0. The van der Waals surface area contributed by atoms with E-state index in [0.717, 1.165) is 16.6 Å². The Labute approximate surface area is 44.7 Å². The first-order chi connectivity index (χ1) is 2.89. The molecule has 1 aliphatic rings. The minimum Gasteiger partial charge on any atom is -0.616 e. The van der Waals surface area contributed by atoms with Crippen LogP contribution in [0.25, 0.3) is 0 Å². The van der Waals surface area contributed by atoms with Crippen molar-refractivity contribution in [2.75, 3.05) is 16.6 Å². The van der Waals surface area contributed by atoms with Crippen molar-refractivity contribution in [3.05, 3.63) is 0 Å². The number of thioether (sulfide) groups is 1. The highest BCUT2D eigenvalue weighted by atomic mass is 32.3. The number of hydrogen-bond acceptors (Lipinski definition) is 2. The fourth-order valence-corrected chi connectivity index (χ4v) is 3.26. The largest absolute Gasteiger partial charge is 0.616 e. The van der Waals surface area contributed by atoms with Gasteiger partial charge in [-0.15, -0.1) is 11.8 Å². The molecule has 0 bridgehead atoms. The third kappa shape index (κ3) is 1.06. The Hall–Kier alpha value is 0.660. The van der Waals surface area contributed by atoms with Gasteiger partial charge in [-0.1, -0.05) is 0 Å². The lowest BCUT2D eigenvalue weighted by Crippen LogP contribution is -1.99. The Kier molecular flexibility index (Phi) is 1.68. The van der Waals surface area contributed by atoms with Gasteiger partial charge in [-0.3, -0.25) is 0 Å². The zero-order valence-electron chi connectivity index (χ0n) is 3.35. The normalized spacial score (nSPS) is 34.5. The molecule has 0 spiro atoms. The summed E-state index contributed by atoms with van der Waals surface area (Å²) in [5.74, 6) is 2.03. The molecular formula is C3H6OS2. The van der Waals surface area contributed by atoms with Gasteiger partial charge in [0.2, 0.25) is 0 Å². The second-order valence-electron chi connectivity index (χ2n) is 1.17. The first-order valence-corrected chi connectivity index (χ1v) is 4.46. The van der Waals surface area contributed by atoms with Crippen LogP contribution in [-0.4, -0.2) is 21.1 Å². The molecule has 0 N–H and O–H groups in total. The zero-order chi connectivity index (χ0) is 4.41. The average Bonchev–Trinajstić information content (AvgIpc) is 1.86. The van der Waals surface area contributed by atoms with Gasteiger partial charge in [0, 0.05) is 5.75 Å². The van der Waals surface area contributed by atoms with Gasteiger partial charge in [-0.05, 0) is 11.2 Å². The molecule has 6 heavy (non-hydrogen) atoms. The van der Waals surface area contributed by atoms with Crippen molar-refractivity contribution in [3.63, 3.8) is 0 Å². The highest BCUT2D eigenvalue weighted by Crippen LogP contribution is 2.14. The van der Waals surface area contributed by atoms with Gasteiger partial charge in [-0.25, -0.2) is 0 Å². The lowest BCUT2D eigenvalue weighted by molar-refractivity contribution is 0.602. The lowest BCUT2D eigenvalue weighted by Gasteiger charge is -1.95. The Morgan fingerprint density at radius 1 is 1.67 bits per heavy atom.